The fourth-order valence-corrected chi connectivity index (χ4v) is 3.02. The molecule has 2 aromatic carbocycles. The molecule has 4 aromatic rings. The van der Waals surface area contributed by atoms with E-state index >= 15 is 0 Å². The van der Waals surface area contributed by atoms with E-state index in [2.05, 4.69) is 19.9 Å². The lowest BCUT2D eigenvalue weighted by Gasteiger charge is -2.08. The first-order valence-corrected chi connectivity index (χ1v) is 8.54. The highest BCUT2D eigenvalue weighted by molar-refractivity contribution is 6.35. The van der Waals surface area contributed by atoms with Crippen LogP contribution in [0, 0.1) is 5.82 Å². The average Bonchev–Trinajstić information content (AvgIpc) is 3.06. The van der Waals surface area contributed by atoms with Crippen molar-refractivity contribution < 1.29 is 17.6 Å². The van der Waals surface area contributed by atoms with E-state index in [0.29, 0.717) is 10.6 Å². The first-order valence-electron chi connectivity index (χ1n) is 7.78. The lowest BCUT2D eigenvalue weighted by molar-refractivity contribution is -0.139. The second-order valence-corrected chi connectivity index (χ2v) is 6.65. The third kappa shape index (κ3) is 3.41. The van der Waals surface area contributed by atoms with Gasteiger partial charge in [-0.25, -0.2) is 19.3 Å². The largest absolute Gasteiger partial charge is 0.435 e. The number of rotatable bonds is 2. The van der Waals surface area contributed by atoms with Gasteiger partial charge < -0.3 is 4.98 Å². The SMILES string of the molecule is Fc1ccc(-c2nc(C(F)(F)F)c3[nH]c(-c4cc(Cl)ccc4Cl)nc3n2)cc1. The molecule has 4 nitrogen and oxygen atoms in total. The summed E-state index contributed by atoms with van der Waals surface area (Å²) in [5.41, 5.74) is -1.23. The van der Waals surface area contributed by atoms with Gasteiger partial charge in [0.1, 0.15) is 17.2 Å². The van der Waals surface area contributed by atoms with Crippen molar-refractivity contribution in [3.8, 4) is 22.8 Å². The predicted octanol–water partition coefficient (Wildman–Crippen LogP) is 6.15. The van der Waals surface area contributed by atoms with E-state index in [4.69, 9.17) is 23.2 Å². The zero-order chi connectivity index (χ0) is 20.1. The Labute approximate surface area is 165 Å². The van der Waals surface area contributed by atoms with Gasteiger partial charge in [0.2, 0.25) is 0 Å². The minimum absolute atomic E-state index is 0.0681. The summed E-state index contributed by atoms with van der Waals surface area (Å²) in [6.07, 6.45) is -4.77. The van der Waals surface area contributed by atoms with Crippen LogP contribution < -0.4 is 0 Å². The number of nitrogens with zero attached hydrogens (tertiary/aromatic N) is 3. The molecule has 0 saturated heterocycles. The molecule has 0 unspecified atom stereocenters. The highest BCUT2D eigenvalue weighted by Gasteiger charge is 2.37. The topological polar surface area (TPSA) is 54.5 Å². The zero-order valence-electron chi connectivity index (χ0n) is 13.7. The fraction of sp³-hybridized carbons (Fsp3) is 0.0556. The third-order valence-corrected chi connectivity index (χ3v) is 4.47. The molecule has 0 saturated carbocycles. The molecule has 0 aliphatic carbocycles. The molecule has 1 N–H and O–H groups in total. The summed E-state index contributed by atoms with van der Waals surface area (Å²) < 4.78 is 53.9. The molecular weight excluding hydrogens is 419 g/mol. The van der Waals surface area contributed by atoms with Gasteiger partial charge in [0.25, 0.3) is 0 Å². The van der Waals surface area contributed by atoms with Gasteiger partial charge >= 0.3 is 6.18 Å². The van der Waals surface area contributed by atoms with Crippen molar-refractivity contribution in [3.63, 3.8) is 0 Å². The van der Waals surface area contributed by atoms with E-state index in [1.807, 2.05) is 0 Å². The second kappa shape index (κ2) is 6.72. The van der Waals surface area contributed by atoms with Gasteiger partial charge in [0, 0.05) is 16.1 Å². The highest BCUT2D eigenvalue weighted by Crippen LogP contribution is 2.36. The average molecular weight is 427 g/mol. The van der Waals surface area contributed by atoms with Crippen LogP contribution in [0.25, 0.3) is 33.9 Å². The van der Waals surface area contributed by atoms with Crippen molar-refractivity contribution in [2.75, 3.05) is 0 Å². The van der Waals surface area contributed by atoms with Crippen LogP contribution in [0.4, 0.5) is 17.6 Å². The quantitative estimate of drug-likeness (QED) is 0.391. The summed E-state index contributed by atoms with van der Waals surface area (Å²) in [4.78, 5) is 14.4. The van der Waals surface area contributed by atoms with Crippen molar-refractivity contribution in [2.45, 2.75) is 6.18 Å². The lowest BCUT2D eigenvalue weighted by atomic mass is 10.2. The van der Waals surface area contributed by atoms with Crippen LogP contribution in [0.5, 0.6) is 0 Å². The van der Waals surface area contributed by atoms with Crippen LogP contribution in [0.3, 0.4) is 0 Å². The first kappa shape index (κ1) is 18.6. The van der Waals surface area contributed by atoms with Gasteiger partial charge in [-0.15, -0.1) is 0 Å². The third-order valence-electron chi connectivity index (χ3n) is 3.91. The van der Waals surface area contributed by atoms with Gasteiger partial charge in [0.05, 0.1) is 5.02 Å². The molecule has 0 spiro atoms. The predicted molar refractivity (Wildman–Crippen MR) is 97.5 cm³/mol. The summed E-state index contributed by atoms with van der Waals surface area (Å²) in [7, 11) is 0. The van der Waals surface area contributed by atoms with E-state index < -0.39 is 17.7 Å². The number of halogens is 6. The second-order valence-electron chi connectivity index (χ2n) is 5.81. The monoisotopic (exact) mass is 426 g/mol. The Hall–Kier alpha value is -2.71. The minimum Gasteiger partial charge on any atom is -0.335 e. The summed E-state index contributed by atoms with van der Waals surface area (Å²) in [5, 5.41) is 0.595. The number of alkyl halides is 3. The molecule has 0 fully saturated rings. The number of aromatic amines is 1. The molecule has 0 radical (unpaired) electrons. The summed E-state index contributed by atoms with van der Waals surface area (Å²) in [6.45, 7) is 0. The molecule has 0 aliphatic heterocycles. The Bertz CT molecular complexity index is 1190. The van der Waals surface area contributed by atoms with Crippen LogP contribution in [0.15, 0.2) is 42.5 Å². The van der Waals surface area contributed by atoms with Crippen LogP contribution >= 0.6 is 23.2 Å². The van der Waals surface area contributed by atoms with E-state index in [1.54, 1.807) is 6.07 Å². The normalized spacial score (nSPS) is 11.9. The minimum atomic E-state index is -4.77. The molecular formula is C18H8Cl2F4N4. The maximum atomic E-state index is 13.6. The highest BCUT2D eigenvalue weighted by atomic mass is 35.5. The van der Waals surface area contributed by atoms with Gasteiger partial charge in [-0.3, -0.25) is 0 Å². The molecule has 4 rings (SSSR count). The smallest absolute Gasteiger partial charge is 0.335 e. The Kier molecular flexibility index (Phi) is 4.47. The van der Waals surface area contributed by atoms with E-state index in [9.17, 15) is 17.6 Å². The van der Waals surface area contributed by atoms with Crippen molar-refractivity contribution >= 4 is 34.4 Å². The van der Waals surface area contributed by atoms with Crippen molar-refractivity contribution in [1.29, 1.82) is 0 Å². The van der Waals surface area contributed by atoms with Crippen LogP contribution in [0.2, 0.25) is 10.0 Å². The van der Waals surface area contributed by atoms with Crippen molar-refractivity contribution in [2.24, 2.45) is 0 Å². The molecule has 28 heavy (non-hydrogen) atoms. The molecule has 0 atom stereocenters. The van der Waals surface area contributed by atoms with Crippen LogP contribution in [0.1, 0.15) is 5.69 Å². The number of nitrogens with one attached hydrogen (secondary N) is 1. The van der Waals surface area contributed by atoms with Gasteiger partial charge in [0.15, 0.2) is 17.2 Å². The first-order chi connectivity index (χ1) is 13.2. The van der Waals surface area contributed by atoms with E-state index in [1.165, 1.54) is 24.3 Å². The fourth-order valence-electron chi connectivity index (χ4n) is 2.64. The number of H-pyrrole nitrogens is 1. The summed E-state index contributed by atoms with van der Waals surface area (Å²) in [5.74, 6) is -0.688. The van der Waals surface area contributed by atoms with E-state index in [-0.39, 0.29) is 33.4 Å². The summed E-state index contributed by atoms with van der Waals surface area (Å²) in [6, 6.07) is 9.32. The van der Waals surface area contributed by atoms with Crippen LogP contribution in [-0.4, -0.2) is 19.9 Å². The Balaban J connectivity index is 1.96. The van der Waals surface area contributed by atoms with Gasteiger partial charge in [-0.2, -0.15) is 13.2 Å². The molecule has 10 heteroatoms. The lowest BCUT2D eigenvalue weighted by Crippen LogP contribution is -2.11. The molecule has 2 aromatic heterocycles. The molecule has 0 aliphatic rings. The maximum Gasteiger partial charge on any atom is 0.435 e. The Morgan fingerprint density at radius 1 is 0.893 bits per heavy atom. The standard InChI is InChI=1S/C18H8Cl2F4N4/c19-9-3-6-12(20)11(7-9)16-25-13-14(18(22,23)24)26-15(27-17(13)28-16)8-1-4-10(21)5-2-8/h1-7H,(H,25,26,27,28). The number of imidazole rings is 1. The summed E-state index contributed by atoms with van der Waals surface area (Å²) >= 11 is 12.1. The number of benzene rings is 2. The molecule has 0 amide bonds. The maximum absolute atomic E-state index is 13.6. The zero-order valence-corrected chi connectivity index (χ0v) is 15.2. The van der Waals surface area contributed by atoms with Gasteiger partial charge in [-0.05, 0) is 42.5 Å². The van der Waals surface area contributed by atoms with E-state index in [0.717, 1.165) is 12.1 Å². The molecule has 0 bridgehead atoms. The Morgan fingerprint density at radius 2 is 1.61 bits per heavy atom. The number of hydrogen-bond donors (Lipinski definition) is 1. The van der Waals surface area contributed by atoms with Crippen molar-refractivity contribution in [3.05, 3.63) is 64.0 Å². The number of fused-ring (bicyclic) bond motifs is 1. The molecule has 2 heterocycles. The van der Waals surface area contributed by atoms with Crippen molar-refractivity contribution in [1.82, 2.24) is 19.9 Å². The Morgan fingerprint density at radius 3 is 2.29 bits per heavy atom. The number of hydrogen-bond acceptors (Lipinski definition) is 3. The van der Waals surface area contributed by atoms with Crippen LogP contribution in [-0.2, 0) is 6.18 Å². The van der Waals surface area contributed by atoms with Gasteiger partial charge in [-0.1, -0.05) is 23.2 Å². The number of aromatic nitrogens is 4. The molecule has 142 valence electrons.